The van der Waals surface area contributed by atoms with Crippen LogP contribution in [0.5, 0.6) is 0 Å². The number of nitriles is 1. The summed E-state index contributed by atoms with van der Waals surface area (Å²) in [5, 5.41) is 11.2. The van der Waals surface area contributed by atoms with Gasteiger partial charge in [-0.15, -0.1) is 0 Å². The van der Waals surface area contributed by atoms with Gasteiger partial charge < -0.3 is 14.6 Å². The zero-order valence-electron chi connectivity index (χ0n) is 17.6. The largest absolute Gasteiger partial charge is 0.451 e. The van der Waals surface area contributed by atoms with Gasteiger partial charge in [0.05, 0.1) is 11.3 Å². The summed E-state index contributed by atoms with van der Waals surface area (Å²) < 4.78 is 46.2. The van der Waals surface area contributed by atoms with E-state index in [1.165, 1.54) is 12.1 Å². The molecule has 0 bridgehead atoms. The first kappa shape index (κ1) is 25.0. The van der Waals surface area contributed by atoms with E-state index in [9.17, 15) is 28.0 Å². The van der Waals surface area contributed by atoms with Crippen molar-refractivity contribution in [2.75, 3.05) is 11.9 Å². The van der Waals surface area contributed by atoms with Gasteiger partial charge in [0.25, 0.3) is 5.91 Å². The number of carbonyl (C=O) groups excluding carboxylic acids is 2. The number of nitrogens with zero attached hydrogens (tertiary/aromatic N) is 2. The molecule has 0 radical (unpaired) electrons. The minimum Gasteiger partial charge on any atom is -0.451 e. The lowest BCUT2D eigenvalue weighted by atomic mass is 10.1. The van der Waals surface area contributed by atoms with Crippen molar-refractivity contribution in [1.29, 1.82) is 5.26 Å². The monoisotopic (exact) mass is 467 g/mol. The highest BCUT2D eigenvalue weighted by Gasteiger charge is 2.34. The van der Waals surface area contributed by atoms with E-state index in [1.54, 1.807) is 6.07 Å². The molecule has 10 heteroatoms. The Bertz CT molecular complexity index is 1100. The molecule has 0 unspecified atom stereocenters. The normalized spacial score (nSPS) is 11.8. The second-order valence-electron chi connectivity index (χ2n) is 6.96. The second-order valence-corrected chi connectivity index (χ2v) is 7.40. The van der Waals surface area contributed by atoms with Crippen LogP contribution in [-0.2, 0) is 27.0 Å². The van der Waals surface area contributed by atoms with Crippen LogP contribution in [0.1, 0.15) is 35.9 Å². The number of alkyl halides is 3. The number of rotatable bonds is 7. The smallest absolute Gasteiger partial charge is 0.418 e. The van der Waals surface area contributed by atoms with Crippen molar-refractivity contribution in [1.82, 2.24) is 4.57 Å². The molecule has 2 rings (SSSR count). The molecule has 1 aromatic carbocycles. The van der Waals surface area contributed by atoms with Gasteiger partial charge in [0.15, 0.2) is 6.61 Å². The van der Waals surface area contributed by atoms with E-state index in [0.29, 0.717) is 11.6 Å². The number of halogens is 4. The molecule has 6 nitrogen and oxygen atoms in total. The standard InChI is InChI=1S/C22H21ClF3N3O3/c1-4-7-29-13(2)8-15(14(29)3)9-16(11-27)21(31)32-12-20(30)28-19-6-5-17(23)10-18(19)22(24,25)26/h5-6,8-10H,4,7,12H2,1-3H3,(H,28,30)/b16-9+. The van der Waals surface area contributed by atoms with Gasteiger partial charge in [-0.25, -0.2) is 4.79 Å². The third-order valence-corrected chi connectivity index (χ3v) is 4.83. The number of hydrogen-bond donors (Lipinski definition) is 1. The lowest BCUT2D eigenvalue weighted by Gasteiger charge is -2.14. The van der Waals surface area contributed by atoms with Gasteiger partial charge in [-0.1, -0.05) is 18.5 Å². The van der Waals surface area contributed by atoms with Crippen LogP contribution in [0.4, 0.5) is 18.9 Å². The lowest BCUT2D eigenvalue weighted by Crippen LogP contribution is -2.23. The summed E-state index contributed by atoms with van der Waals surface area (Å²) in [6.07, 6.45) is -2.48. The Labute approximate surface area is 188 Å². The molecule has 32 heavy (non-hydrogen) atoms. The van der Waals surface area contributed by atoms with Gasteiger partial charge in [-0.05, 0) is 56.2 Å². The number of aryl methyl sites for hydroxylation is 1. The average molecular weight is 468 g/mol. The van der Waals surface area contributed by atoms with E-state index in [1.807, 2.05) is 36.7 Å². The third kappa shape index (κ3) is 6.14. The van der Waals surface area contributed by atoms with Crippen molar-refractivity contribution in [2.24, 2.45) is 0 Å². The Balaban J connectivity index is 2.10. The van der Waals surface area contributed by atoms with E-state index >= 15 is 0 Å². The van der Waals surface area contributed by atoms with Crippen molar-refractivity contribution >= 4 is 35.2 Å². The number of carbonyl (C=O) groups is 2. The van der Waals surface area contributed by atoms with E-state index in [-0.39, 0.29) is 10.6 Å². The maximum absolute atomic E-state index is 13.1. The Hall–Kier alpha value is -3.25. The molecular weight excluding hydrogens is 447 g/mol. The second kappa shape index (κ2) is 10.4. The third-order valence-electron chi connectivity index (χ3n) is 4.60. The molecule has 0 atom stereocenters. The fraction of sp³-hybridized carbons (Fsp3) is 0.318. The van der Waals surface area contributed by atoms with Crippen molar-refractivity contribution in [3.8, 4) is 6.07 Å². The van der Waals surface area contributed by atoms with Gasteiger partial charge >= 0.3 is 12.1 Å². The number of esters is 1. The SMILES string of the molecule is CCCn1c(C)cc(/C=C(\C#N)C(=O)OCC(=O)Nc2ccc(Cl)cc2C(F)(F)F)c1C. The molecule has 0 spiro atoms. The highest BCUT2D eigenvalue weighted by atomic mass is 35.5. The molecule has 170 valence electrons. The number of benzene rings is 1. The molecular formula is C22H21ClF3N3O3. The fourth-order valence-corrected chi connectivity index (χ4v) is 3.26. The summed E-state index contributed by atoms with van der Waals surface area (Å²) in [5.41, 5.74) is 0.489. The lowest BCUT2D eigenvalue weighted by molar-refractivity contribution is -0.143. The summed E-state index contributed by atoms with van der Waals surface area (Å²) in [6, 6.07) is 6.41. The molecule has 0 aliphatic carbocycles. The van der Waals surface area contributed by atoms with Crippen LogP contribution in [0.25, 0.3) is 6.08 Å². The predicted octanol–water partition coefficient (Wildman–Crippen LogP) is 5.28. The molecule has 1 heterocycles. The Morgan fingerprint density at radius 2 is 1.97 bits per heavy atom. The number of hydrogen-bond acceptors (Lipinski definition) is 4. The number of ether oxygens (including phenoxy) is 1. The van der Waals surface area contributed by atoms with Crippen LogP contribution < -0.4 is 5.32 Å². The highest BCUT2D eigenvalue weighted by Crippen LogP contribution is 2.36. The molecule has 1 N–H and O–H groups in total. The summed E-state index contributed by atoms with van der Waals surface area (Å²) in [6.45, 7) is 5.70. The molecule has 1 aromatic heterocycles. The van der Waals surface area contributed by atoms with Crippen LogP contribution in [-0.4, -0.2) is 23.1 Å². The van der Waals surface area contributed by atoms with Crippen LogP contribution in [0, 0.1) is 25.2 Å². The predicted molar refractivity (Wildman–Crippen MR) is 114 cm³/mol. The van der Waals surface area contributed by atoms with Gasteiger partial charge in [0, 0.05) is 23.0 Å². The van der Waals surface area contributed by atoms with Crippen LogP contribution in [0.15, 0.2) is 29.8 Å². The maximum Gasteiger partial charge on any atom is 0.418 e. The summed E-state index contributed by atoms with van der Waals surface area (Å²) in [5.74, 6) is -2.06. The molecule has 0 fully saturated rings. The first-order valence-corrected chi connectivity index (χ1v) is 9.98. The quantitative estimate of drug-likeness (QED) is 0.341. The topological polar surface area (TPSA) is 84.1 Å². The summed E-state index contributed by atoms with van der Waals surface area (Å²) in [4.78, 5) is 24.3. The molecule has 1 amide bonds. The Kier molecular flexibility index (Phi) is 8.11. The number of anilines is 1. The number of aromatic nitrogens is 1. The van der Waals surface area contributed by atoms with E-state index < -0.39 is 35.9 Å². The Morgan fingerprint density at radius 3 is 2.56 bits per heavy atom. The Morgan fingerprint density at radius 1 is 1.28 bits per heavy atom. The summed E-state index contributed by atoms with van der Waals surface area (Å²) in [7, 11) is 0. The van der Waals surface area contributed by atoms with Crippen LogP contribution >= 0.6 is 11.6 Å². The first-order chi connectivity index (χ1) is 15.0. The molecule has 2 aromatic rings. The first-order valence-electron chi connectivity index (χ1n) is 9.60. The van der Waals surface area contributed by atoms with E-state index in [2.05, 4.69) is 0 Å². The number of nitrogens with one attached hydrogen (secondary N) is 1. The zero-order valence-corrected chi connectivity index (χ0v) is 18.4. The minimum atomic E-state index is -4.74. The van der Waals surface area contributed by atoms with Crippen LogP contribution in [0.3, 0.4) is 0 Å². The van der Waals surface area contributed by atoms with Crippen molar-refractivity contribution in [3.63, 3.8) is 0 Å². The fourth-order valence-electron chi connectivity index (χ4n) is 3.09. The van der Waals surface area contributed by atoms with Gasteiger partial charge in [-0.3, -0.25) is 4.79 Å². The van der Waals surface area contributed by atoms with Gasteiger partial charge in [0.2, 0.25) is 0 Å². The van der Waals surface area contributed by atoms with Crippen molar-refractivity contribution < 1.29 is 27.5 Å². The van der Waals surface area contributed by atoms with Crippen LogP contribution in [0.2, 0.25) is 5.02 Å². The number of amides is 1. The van der Waals surface area contributed by atoms with Crippen molar-refractivity contribution in [3.05, 3.63) is 57.4 Å². The van der Waals surface area contributed by atoms with Gasteiger partial charge in [-0.2, -0.15) is 18.4 Å². The molecule has 0 aliphatic rings. The summed E-state index contributed by atoms with van der Waals surface area (Å²) >= 11 is 5.60. The van der Waals surface area contributed by atoms with E-state index in [4.69, 9.17) is 16.3 Å². The van der Waals surface area contributed by atoms with Gasteiger partial charge in [0.1, 0.15) is 11.6 Å². The zero-order chi connectivity index (χ0) is 24.1. The van der Waals surface area contributed by atoms with E-state index in [0.717, 1.165) is 30.4 Å². The molecule has 0 aliphatic heterocycles. The highest BCUT2D eigenvalue weighted by molar-refractivity contribution is 6.30. The molecule has 0 saturated heterocycles. The minimum absolute atomic E-state index is 0.149. The maximum atomic E-state index is 13.1. The average Bonchev–Trinajstić information content (AvgIpc) is 2.98. The van der Waals surface area contributed by atoms with Crippen molar-refractivity contribution in [2.45, 2.75) is 39.9 Å². The molecule has 0 saturated carbocycles.